The Labute approximate surface area is 179 Å². The summed E-state index contributed by atoms with van der Waals surface area (Å²) < 4.78 is 114. The van der Waals surface area contributed by atoms with E-state index >= 15 is 0 Å². The number of benzene rings is 3. The Morgan fingerprint density at radius 1 is 0.516 bits per heavy atom. The molecule has 0 fully saturated rings. The van der Waals surface area contributed by atoms with Crippen molar-refractivity contribution < 1.29 is 35.1 Å². The van der Waals surface area contributed by atoms with Gasteiger partial charge in [-0.15, -0.1) is 0 Å². The lowest BCUT2D eigenvalue weighted by molar-refractivity contribution is 0.439. The Hall–Kier alpha value is -2.94. The van der Waals surface area contributed by atoms with Crippen molar-refractivity contribution in [3.63, 3.8) is 0 Å². The first kappa shape index (κ1) is 22.7. The lowest BCUT2D eigenvalue weighted by Crippen LogP contribution is -2.08. The third-order valence-electron chi connectivity index (χ3n) is 4.46. The van der Waals surface area contributed by atoms with Gasteiger partial charge < -0.3 is 0 Å². The molecule has 0 unspecified atom stereocenters. The Kier molecular flexibility index (Phi) is 6.09. The second-order valence-electron chi connectivity index (χ2n) is 6.25. The smallest absolute Gasteiger partial charge is 0.176 e. The number of rotatable bonds is 4. The van der Waals surface area contributed by atoms with E-state index in [2.05, 4.69) is 29.1 Å². The maximum atomic E-state index is 14.8. The largest absolute Gasteiger partial charge is 0.203 e. The molecule has 0 radical (unpaired) electrons. The fraction of sp³-hybridized carbons (Fsp3) is 0. The second-order valence-corrected chi connectivity index (χ2v) is 7.04. The van der Waals surface area contributed by atoms with Gasteiger partial charge in [-0.3, -0.25) is 0 Å². The Bertz CT molecular complexity index is 1180. The minimum atomic E-state index is -2.24. The molecular formula is C22H9BrF8. The molecule has 0 spiro atoms. The summed E-state index contributed by atoms with van der Waals surface area (Å²) >= 11 is 2.24. The van der Waals surface area contributed by atoms with Crippen molar-refractivity contribution in [3.8, 4) is 22.3 Å². The van der Waals surface area contributed by atoms with Gasteiger partial charge in [-0.05, 0) is 50.8 Å². The molecule has 0 aromatic heterocycles. The molecule has 160 valence electrons. The maximum absolute atomic E-state index is 14.8. The van der Waals surface area contributed by atoms with Crippen molar-refractivity contribution in [1.82, 2.24) is 0 Å². The Balaban J connectivity index is 2.42. The first-order valence-corrected chi connectivity index (χ1v) is 9.12. The minimum absolute atomic E-state index is 0.324. The average Bonchev–Trinajstić information content (AvgIpc) is 2.77. The lowest BCUT2D eigenvalue weighted by Gasteiger charge is -2.15. The maximum Gasteiger partial charge on any atom is 0.176 e. The van der Waals surface area contributed by atoms with E-state index in [0.29, 0.717) is 11.1 Å². The van der Waals surface area contributed by atoms with Gasteiger partial charge in [0, 0.05) is 0 Å². The molecule has 0 amide bonds. The molecule has 0 atom stereocenters. The van der Waals surface area contributed by atoms with E-state index in [4.69, 9.17) is 0 Å². The summed E-state index contributed by atoms with van der Waals surface area (Å²) in [7, 11) is 0. The predicted octanol–water partition coefficient (Wildman–Crippen LogP) is 8.18. The lowest BCUT2D eigenvalue weighted by atomic mass is 9.94. The third kappa shape index (κ3) is 3.56. The van der Waals surface area contributed by atoms with Gasteiger partial charge in [-0.25, -0.2) is 35.1 Å². The topological polar surface area (TPSA) is 0 Å². The fourth-order valence-corrected chi connectivity index (χ4v) is 3.33. The molecule has 0 bridgehead atoms. The van der Waals surface area contributed by atoms with Gasteiger partial charge in [-0.2, -0.15) is 0 Å². The molecule has 3 rings (SSSR count). The number of hydrogen-bond acceptors (Lipinski definition) is 0. The summed E-state index contributed by atoms with van der Waals surface area (Å²) in [5, 5.41) is 0. The molecule has 0 aliphatic rings. The van der Waals surface area contributed by atoms with E-state index in [9.17, 15) is 35.1 Å². The molecule has 9 heteroatoms. The zero-order valence-corrected chi connectivity index (χ0v) is 16.8. The van der Waals surface area contributed by atoms with Crippen molar-refractivity contribution in [2.45, 2.75) is 0 Å². The summed E-state index contributed by atoms with van der Waals surface area (Å²) in [5.74, 6) is -17.1. The van der Waals surface area contributed by atoms with Crippen molar-refractivity contribution in [3.05, 3.63) is 93.5 Å². The highest BCUT2D eigenvalue weighted by molar-refractivity contribution is 9.10. The van der Waals surface area contributed by atoms with Crippen molar-refractivity contribution >= 4 is 28.1 Å². The van der Waals surface area contributed by atoms with E-state index in [0.717, 1.165) is 12.1 Å². The van der Waals surface area contributed by atoms with Crippen LogP contribution in [0, 0.1) is 46.5 Å². The van der Waals surface area contributed by atoms with Crippen LogP contribution in [-0.2, 0) is 0 Å². The van der Waals surface area contributed by atoms with Gasteiger partial charge >= 0.3 is 0 Å². The number of hydrogen-bond donors (Lipinski definition) is 0. The van der Waals surface area contributed by atoms with Crippen LogP contribution in [0.3, 0.4) is 0 Å². The van der Waals surface area contributed by atoms with Crippen LogP contribution in [0.25, 0.3) is 34.4 Å². The molecule has 0 saturated heterocycles. The van der Waals surface area contributed by atoms with Crippen LogP contribution < -0.4 is 0 Å². The zero-order chi connectivity index (χ0) is 23.2. The minimum Gasteiger partial charge on any atom is -0.203 e. The first-order chi connectivity index (χ1) is 14.5. The van der Waals surface area contributed by atoms with E-state index in [1.807, 2.05) is 0 Å². The van der Waals surface area contributed by atoms with Crippen molar-refractivity contribution in [1.29, 1.82) is 0 Å². The normalized spacial score (nSPS) is 11.0. The monoisotopic (exact) mass is 504 g/mol. The van der Waals surface area contributed by atoms with E-state index in [1.165, 1.54) is 18.2 Å². The van der Waals surface area contributed by atoms with Crippen LogP contribution in [0.15, 0.2) is 35.8 Å². The van der Waals surface area contributed by atoms with E-state index < -0.39 is 67.7 Å². The van der Waals surface area contributed by atoms with E-state index in [-0.39, 0.29) is 5.56 Å². The van der Waals surface area contributed by atoms with Crippen LogP contribution >= 0.6 is 15.9 Å². The molecular weight excluding hydrogens is 496 g/mol. The second kappa shape index (κ2) is 8.30. The van der Waals surface area contributed by atoms with Gasteiger partial charge in [0.05, 0.1) is 21.2 Å². The van der Waals surface area contributed by atoms with Gasteiger partial charge in [0.1, 0.15) is 0 Å². The van der Waals surface area contributed by atoms with Crippen LogP contribution in [-0.4, -0.2) is 0 Å². The van der Waals surface area contributed by atoms with Gasteiger partial charge in [0.25, 0.3) is 0 Å². The van der Waals surface area contributed by atoms with Gasteiger partial charge in [0.15, 0.2) is 46.5 Å². The molecule has 0 aliphatic heterocycles. The molecule has 0 saturated carbocycles. The summed E-state index contributed by atoms with van der Waals surface area (Å²) in [6.07, 6.45) is 2.59. The summed E-state index contributed by atoms with van der Waals surface area (Å²) in [5.41, 5.74) is -4.73. The van der Waals surface area contributed by atoms with Gasteiger partial charge in [-0.1, -0.05) is 25.3 Å². The summed E-state index contributed by atoms with van der Waals surface area (Å²) in [6.45, 7) is 6.98. The standard InChI is InChI=1S/C22H9BrF8/c1-3-8-5-9(4-2)7-10(6-8)11-15(24)17(26)12(18(27)16(11)25)13-19(28)21(30)14(23)22(31)20(13)29/h3-7H,1-2H2. The highest BCUT2D eigenvalue weighted by Crippen LogP contribution is 2.41. The van der Waals surface area contributed by atoms with Gasteiger partial charge in [0.2, 0.25) is 0 Å². The highest BCUT2D eigenvalue weighted by Gasteiger charge is 2.34. The summed E-state index contributed by atoms with van der Waals surface area (Å²) in [6, 6.07) is 3.82. The molecule has 0 nitrogen and oxygen atoms in total. The molecule has 3 aromatic rings. The first-order valence-electron chi connectivity index (χ1n) is 8.33. The van der Waals surface area contributed by atoms with E-state index in [1.54, 1.807) is 0 Å². The highest BCUT2D eigenvalue weighted by atomic mass is 79.9. The molecule has 0 aliphatic carbocycles. The van der Waals surface area contributed by atoms with Crippen LogP contribution in [0.1, 0.15) is 11.1 Å². The zero-order valence-electron chi connectivity index (χ0n) is 15.2. The third-order valence-corrected chi connectivity index (χ3v) is 5.16. The van der Waals surface area contributed by atoms with Crippen LogP contribution in [0.2, 0.25) is 0 Å². The quantitative estimate of drug-likeness (QED) is 0.191. The molecule has 3 aromatic carbocycles. The van der Waals surface area contributed by atoms with Crippen LogP contribution in [0.4, 0.5) is 35.1 Å². The Morgan fingerprint density at radius 2 is 0.839 bits per heavy atom. The van der Waals surface area contributed by atoms with Crippen molar-refractivity contribution in [2.75, 3.05) is 0 Å². The average molecular weight is 505 g/mol. The Morgan fingerprint density at radius 3 is 1.19 bits per heavy atom. The van der Waals surface area contributed by atoms with Crippen molar-refractivity contribution in [2.24, 2.45) is 0 Å². The molecule has 0 heterocycles. The molecule has 0 N–H and O–H groups in total. The SMILES string of the molecule is C=Cc1cc(C=C)cc(-c2c(F)c(F)c(-c3c(F)c(F)c(Br)c(F)c3F)c(F)c2F)c1. The fourth-order valence-electron chi connectivity index (χ4n) is 2.99. The summed E-state index contributed by atoms with van der Waals surface area (Å²) in [4.78, 5) is 0. The number of halogens is 9. The van der Waals surface area contributed by atoms with Crippen LogP contribution in [0.5, 0.6) is 0 Å². The predicted molar refractivity (Wildman–Crippen MR) is 105 cm³/mol. The molecule has 31 heavy (non-hydrogen) atoms.